The second-order valence-corrected chi connectivity index (χ2v) is 10.9. The Morgan fingerprint density at radius 2 is 1.80 bits per heavy atom. The number of carbonyl (C=O) groups excluding carboxylic acids is 2. The second-order valence-electron chi connectivity index (χ2n) is 10.9. The fourth-order valence-corrected chi connectivity index (χ4v) is 5.16. The largest absolute Gasteiger partial charge is 0.444 e. The maximum absolute atomic E-state index is 13.6. The van der Waals surface area contributed by atoms with Crippen LogP contribution in [0.4, 0.5) is 10.5 Å². The van der Waals surface area contributed by atoms with Gasteiger partial charge in [-0.05, 0) is 56.7 Å². The molecule has 1 N–H and O–H groups in total. The van der Waals surface area contributed by atoms with Gasteiger partial charge in [0.2, 0.25) is 0 Å². The summed E-state index contributed by atoms with van der Waals surface area (Å²) in [6.45, 7) is 12.4. The first-order valence-electron chi connectivity index (χ1n) is 12.0. The highest BCUT2D eigenvalue weighted by atomic mass is 16.6. The lowest BCUT2D eigenvalue weighted by molar-refractivity contribution is 0.0240. The van der Waals surface area contributed by atoms with Crippen molar-refractivity contribution in [2.45, 2.75) is 45.6 Å². The van der Waals surface area contributed by atoms with Gasteiger partial charge in [-0.1, -0.05) is 19.9 Å². The molecule has 2 aliphatic rings. The monoisotopic (exact) mass is 470 g/mol. The molecular formula is C28H30N4O3. The molecule has 0 radical (unpaired) electrons. The molecular weight excluding hydrogens is 440 g/mol. The van der Waals surface area contributed by atoms with E-state index in [0.717, 1.165) is 27.8 Å². The number of aromatic amines is 1. The maximum Gasteiger partial charge on any atom is 0.410 e. The Morgan fingerprint density at radius 1 is 1.09 bits per heavy atom. The number of ether oxygens (including phenoxy) is 1. The Kier molecular flexibility index (Phi) is 5.17. The summed E-state index contributed by atoms with van der Waals surface area (Å²) in [7, 11) is 0. The van der Waals surface area contributed by atoms with Crippen molar-refractivity contribution in [2.75, 3.05) is 31.1 Å². The summed E-state index contributed by atoms with van der Waals surface area (Å²) < 4.78 is 5.51. The van der Waals surface area contributed by atoms with Gasteiger partial charge in [-0.15, -0.1) is 0 Å². The zero-order valence-corrected chi connectivity index (χ0v) is 20.9. The molecule has 1 saturated heterocycles. The third kappa shape index (κ3) is 3.83. The molecule has 35 heavy (non-hydrogen) atoms. The summed E-state index contributed by atoms with van der Waals surface area (Å²) >= 11 is 0. The molecule has 0 atom stereocenters. The Bertz CT molecular complexity index is 1400. The van der Waals surface area contributed by atoms with E-state index in [0.29, 0.717) is 42.9 Å². The van der Waals surface area contributed by atoms with Crippen molar-refractivity contribution < 1.29 is 14.3 Å². The molecule has 1 amide bonds. The van der Waals surface area contributed by atoms with E-state index in [1.54, 1.807) is 17.0 Å². The van der Waals surface area contributed by atoms with Crippen molar-refractivity contribution in [3.63, 3.8) is 0 Å². The lowest BCUT2D eigenvalue weighted by atomic mass is 9.71. The molecule has 1 aliphatic carbocycles. The van der Waals surface area contributed by atoms with Crippen molar-refractivity contribution in [1.29, 1.82) is 5.26 Å². The highest BCUT2D eigenvalue weighted by molar-refractivity contribution is 6.20. The van der Waals surface area contributed by atoms with Crippen LogP contribution < -0.4 is 4.90 Å². The molecule has 0 bridgehead atoms. The SMILES string of the molecule is CC(C)(C)OC(=O)N1CCN(c2ccc3c(c2)C(C)(C)c2[nH]c4cc(C#N)ccc4c2C3=O)CC1. The molecule has 5 rings (SSSR count). The number of nitrogens with zero attached hydrogens (tertiary/aromatic N) is 3. The van der Waals surface area contributed by atoms with E-state index in [-0.39, 0.29) is 11.9 Å². The van der Waals surface area contributed by atoms with Crippen molar-refractivity contribution in [3.05, 3.63) is 64.3 Å². The number of hydrogen-bond acceptors (Lipinski definition) is 5. The van der Waals surface area contributed by atoms with Gasteiger partial charge in [0, 0.05) is 59.4 Å². The topological polar surface area (TPSA) is 89.4 Å². The minimum absolute atomic E-state index is 0.00609. The molecule has 1 aromatic heterocycles. The number of nitrogens with one attached hydrogen (secondary N) is 1. The van der Waals surface area contributed by atoms with Crippen LogP contribution in [-0.4, -0.2) is 53.5 Å². The zero-order valence-electron chi connectivity index (χ0n) is 20.9. The first-order chi connectivity index (χ1) is 16.5. The fraction of sp³-hybridized carbons (Fsp3) is 0.393. The fourth-order valence-electron chi connectivity index (χ4n) is 5.16. The van der Waals surface area contributed by atoms with E-state index in [1.165, 1.54) is 0 Å². The van der Waals surface area contributed by atoms with Gasteiger partial charge in [0.1, 0.15) is 5.60 Å². The lowest BCUT2D eigenvalue weighted by Gasteiger charge is -2.38. The number of rotatable bonds is 1. The van der Waals surface area contributed by atoms with Crippen LogP contribution in [0.1, 0.15) is 67.4 Å². The van der Waals surface area contributed by atoms with Crippen LogP contribution in [-0.2, 0) is 10.2 Å². The third-order valence-corrected chi connectivity index (χ3v) is 7.00. The number of piperazine rings is 1. The first kappa shape index (κ1) is 23.0. The predicted octanol–water partition coefficient (Wildman–Crippen LogP) is 4.97. The minimum atomic E-state index is -0.511. The van der Waals surface area contributed by atoms with Gasteiger partial charge in [0.25, 0.3) is 0 Å². The molecule has 2 aromatic carbocycles. The average molecular weight is 471 g/mol. The Hall–Kier alpha value is -3.79. The Balaban J connectivity index is 1.44. The summed E-state index contributed by atoms with van der Waals surface area (Å²) in [4.78, 5) is 33.5. The van der Waals surface area contributed by atoms with E-state index >= 15 is 0 Å². The number of carbonyl (C=O) groups is 2. The molecule has 2 heterocycles. The van der Waals surface area contributed by atoms with Crippen LogP contribution in [0.5, 0.6) is 0 Å². The summed E-state index contributed by atoms with van der Waals surface area (Å²) in [6, 6.07) is 13.6. The normalized spacial score (nSPS) is 17.1. The quantitative estimate of drug-likeness (QED) is 0.543. The molecule has 180 valence electrons. The molecule has 7 nitrogen and oxygen atoms in total. The number of fused-ring (bicyclic) bond motifs is 4. The van der Waals surface area contributed by atoms with Crippen molar-refractivity contribution in [2.24, 2.45) is 0 Å². The summed E-state index contributed by atoms with van der Waals surface area (Å²) in [5, 5.41) is 10.1. The van der Waals surface area contributed by atoms with Gasteiger partial charge >= 0.3 is 6.09 Å². The van der Waals surface area contributed by atoms with E-state index in [4.69, 9.17) is 4.74 Å². The van der Waals surface area contributed by atoms with Gasteiger partial charge in [-0.25, -0.2) is 4.79 Å². The maximum atomic E-state index is 13.6. The lowest BCUT2D eigenvalue weighted by Crippen LogP contribution is -2.50. The smallest absolute Gasteiger partial charge is 0.410 e. The van der Waals surface area contributed by atoms with E-state index in [1.807, 2.05) is 39.0 Å². The molecule has 0 unspecified atom stereocenters. The van der Waals surface area contributed by atoms with E-state index < -0.39 is 11.0 Å². The minimum Gasteiger partial charge on any atom is -0.444 e. The molecule has 7 heteroatoms. The molecule has 3 aromatic rings. The van der Waals surface area contributed by atoms with Crippen molar-refractivity contribution in [3.8, 4) is 6.07 Å². The van der Waals surface area contributed by atoms with Crippen LogP contribution in [0.2, 0.25) is 0 Å². The zero-order chi connectivity index (χ0) is 25.1. The number of anilines is 1. The highest BCUT2D eigenvalue weighted by Crippen LogP contribution is 2.44. The number of amides is 1. The standard InChI is InChI=1S/C28H30N4O3/c1-27(2,3)35-26(34)32-12-10-31(11-13-32)18-7-9-19-21(15-18)28(4,5)25-23(24(19)33)20-8-6-17(16-29)14-22(20)30-25/h6-9,14-15,30H,10-13H2,1-5H3. The number of H-pyrrole nitrogens is 1. The van der Waals surface area contributed by atoms with E-state index in [9.17, 15) is 14.9 Å². The van der Waals surface area contributed by atoms with Crippen LogP contribution in [0.15, 0.2) is 36.4 Å². The van der Waals surface area contributed by atoms with Gasteiger partial charge in [-0.2, -0.15) is 5.26 Å². The molecule has 0 spiro atoms. The van der Waals surface area contributed by atoms with Gasteiger partial charge in [-0.3, -0.25) is 4.79 Å². The molecule has 1 fully saturated rings. The van der Waals surface area contributed by atoms with Crippen LogP contribution in [0, 0.1) is 11.3 Å². The van der Waals surface area contributed by atoms with Crippen LogP contribution in [0.25, 0.3) is 10.9 Å². The first-order valence-corrected chi connectivity index (χ1v) is 12.0. The number of nitriles is 1. The number of aromatic nitrogens is 1. The number of benzene rings is 2. The summed E-state index contributed by atoms with van der Waals surface area (Å²) in [5.41, 5.74) is 4.75. The summed E-state index contributed by atoms with van der Waals surface area (Å²) in [6.07, 6.45) is -0.278. The molecule has 1 aliphatic heterocycles. The van der Waals surface area contributed by atoms with Crippen molar-refractivity contribution in [1.82, 2.24) is 9.88 Å². The highest BCUT2D eigenvalue weighted by Gasteiger charge is 2.40. The predicted molar refractivity (Wildman–Crippen MR) is 135 cm³/mol. The van der Waals surface area contributed by atoms with Gasteiger partial charge in [0.15, 0.2) is 5.78 Å². The van der Waals surface area contributed by atoms with E-state index in [2.05, 4.69) is 35.9 Å². The average Bonchev–Trinajstić information content (AvgIpc) is 3.21. The summed E-state index contributed by atoms with van der Waals surface area (Å²) in [5.74, 6) is 0.00609. The van der Waals surface area contributed by atoms with Crippen molar-refractivity contribution >= 4 is 28.5 Å². The number of ketones is 1. The van der Waals surface area contributed by atoms with Crippen LogP contribution in [0.3, 0.4) is 0 Å². The second kappa shape index (κ2) is 7.88. The van der Waals surface area contributed by atoms with Crippen LogP contribution >= 0.6 is 0 Å². The Morgan fingerprint density at radius 3 is 2.46 bits per heavy atom. The molecule has 0 saturated carbocycles. The third-order valence-electron chi connectivity index (χ3n) is 7.00. The Labute approximate surface area is 205 Å². The van der Waals surface area contributed by atoms with Gasteiger partial charge < -0.3 is 19.5 Å². The number of hydrogen-bond donors (Lipinski definition) is 1. The van der Waals surface area contributed by atoms with Gasteiger partial charge in [0.05, 0.1) is 17.2 Å².